The highest BCUT2D eigenvalue weighted by atomic mass is 35.5. The third-order valence-electron chi connectivity index (χ3n) is 5.84. The van der Waals surface area contributed by atoms with Crippen molar-refractivity contribution in [3.63, 3.8) is 0 Å². The van der Waals surface area contributed by atoms with Crippen LogP contribution in [0.15, 0.2) is 12.3 Å². The number of carbonyl (C=O) groups is 1. The van der Waals surface area contributed by atoms with Crippen molar-refractivity contribution >= 4 is 35.1 Å². The number of likely N-dealkylation sites (tertiary alicyclic amines) is 1. The largest absolute Gasteiger partial charge is 0.366 e. The van der Waals surface area contributed by atoms with Gasteiger partial charge in [-0.3, -0.25) is 9.48 Å². The Morgan fingerprint density at radius 3 is 2.64 bits per heavy atom. The minimum absolute atomic E-state index is 0.262. The lowest BCUT2D eigenvalue weighted by Crippen LogP contribution is -2.30. The molecule has 1 saturated carbocycles. The monoisotopic (exact) mass is 403 g/mol. The van der Waals surface area contributed by atoms with E-state index in [9.17, 15) is 4.79 Å². The lowest BCUT2D eigenvalue weighted by atomic mass is 10.0. The number of hydrogen-bond donors (Lipinski definition) is 2. The van der Waals surface area contributed by atoms with Gasteiger partial charge in [0, 0.05) is 44.4 Å². The van der Waals surface area contributed by atoms with Crippen LogP contribution in [-0.2, 0) is 11.8 Å². The standard InChI is InChI=1S/C19H26ClN7O/c1-4-17(28)27-9-12-6-14(7-13(12)10-27)22-18-15(20)8-21-19(24-18)23-16-5-11(2)26(3)25-16/h5,8,12-14H,4,6-7,9-10H2,1-3H3,(H2,21,22,23,24,25). The third-order valence-corrected chi connectivity index (χ3v) is 6.12. The molecule has 2 unspecified atom stereocenters. The fourth-order valence-electron chi connectivity index (χ4n) is 4.30. The maximum absolute atomic E-state index is 11.9. The Morgan fingerprint density at radius 2 is 2.04 bits per heavy atom. The molecule has 2 atom stereocenters. The van der Waals surface area contributed by atoms with Gasteiger partial charge in [-0.05, 0) is 31.6 Å². The summed E-state index contributed by atoms with van der Waals surface area (Å²) in [6.45, 7) is 5.66. The van der Waals surface area contributed by atoms with Gasteiger partial charge in [-0.1, -0.05) is 18.5 Å². The lowest BCUT2D eigenvalue weighted by Gasteiger charge is -2.20. The van der Waals surface area contributed by atoms with Gasteiger partial charge in [0.15, 0.2) is 11.6 Å². The van der Waals surface area contributed by atoms with Crippen LogP contribution < -0.4 is 10.6 Å². The molecule has 1 aliphatic carbocycles. The summed E-state index contributed by atoms with van der Waals surface area (Å²) in [5, 5.41) is 11.5. The molecule has 8 nitrogen and oxygen atoms in total. The van der Waals surface area contributed by atoms with Crippen molar-refractivity contribution < 1.29 is 4.79 Å². The molecule has 2 N–H and O–H groups in total. The van der Waals surface area contributed by atoms with Gasteiger partial charge in [-0.2, -0.15) is 10.1 Å². The number of aromatic nitrogens is 4. The molecule has 1 aliphatic heterocycles. The molecular weight excluding hydrogens is 378 g/mol. The lowest BCUT2D eigenvalue weighted by molar-refractivity contribution is -0.130. The van der Waals surface area contributed by atoms with E-state index in [2.05, 4.69) is 25.7 Å². The molecule has 1 amide bonds. The van der Waals surface area contributed by atoms with Crippen LogP contribution in [0.25, 0.3) is 0 Å². The second kappa shape index (κ2) is 7.58. The zero-order valence-electron chi connectivity index (χ0n) is 16.4. The second-order valence-electron chi connectivity index (χ2n) is 7.79. The Kier molecular flexibility index (Phi) is 5.14. The van der Waals surface area contributed by atoms with Crippen LogP contribution in [0.3, 0.4) is 0 Å². The van der Waals surface area contributed by atoms with Crippen molar-refractivity contribution in [1.29, 1.82) is 0 Å². The second-order valence-corrected chi connectivity index (χ2v) is 8.20. The molecule has 0 bridgehead atoms. The van der Waals surface area contributed by atoms with Crippen LogP contribution in [0.4, 0.5) is 17.6 Å². The van der Waals surface area contributed by atoms with Crippen molar-refractivity contribution in [3.8, 4) is 0 Å². The van der Waals surface area contributed by atoms with Crippen molar-refractivity contribution in [2.75, 3.05) is 23.7 Å². The number of nitrogens with zero attached hydrogens (tertiary/aromatic N) is 5. The SMILES string of the molecule is CCC(=O)N1CC2CC(Nc3nc(Nc4cc(C)n(C)n4)ncc3Cl)CC2C1. The Labute approximate surface area is 169 Å². The van der Waals surface area contributed by atoms with E-state index in [-0.39, 0.29) is 5.91 Å². The van der Waals surface area contributed by atoms with E-state index >= 15 is 0 Å². The van der Waals surface area contributed by atoms with E-state index in [1.165, 1.54) is 0 Å². The normalized spacial score (nSPS) is 23.7. The fourth-order valence-corrected chi connectivity index (χ4v) is 4.45. The van der Waals surface area contributed by atoms with E-state index in [0.717, 1.165) is 31.6 Å². The van der Waals surface area contributed by atoms with Gasteiger partial charge in [0.25, 0.3) is 0 Å². The van der Waals surface area contributed by atoms with E-state index in [1.54, 1.807) is 10.9 Å². The minimum atomic E-state index is 0.262. The Morgan fingerprint density at radius 1 is 1.32 bits per heavy atom. The maximum Gasteiger partial charge on any atom is 0.230 e. The van der Waals surface area contributed by atoms with Crippen LogP contribution in [0.2, 0.25) is 5.02 Å². The van der Waals surface area contributed by atoms with Gasteiger partial charge in [0.1, 0.15) is 5.02 Å². The van der Waals surface area contributed by atoms with Gasteiger partial charge in [-0.25, -0.2) is 4.98 Å². The average molecular weight is 404 g/mol. The summed E-state index contributed by atoms with van der Waals surface area (Å²) in [7, 11) is 1.89. The molecule has 28 heavy (non-hydrogen) atoms. The van der Waals surface area contributed by atoms with Crippen molar-refractivity contribution in [2.24, 2.45) is 18.9 Å². The number of nitrogens with one attached hydrogen (secondary N) is 2. The van der Waals surface area contributed by atoms with Gasteiger partial charge in [0.2, 0.25) is 11.9 Å². The molecule has 9 heteroatoms. The number of aryl methyl sites for hydroxylation is 2. The topological polar surface area (TPSA) is 88.0 Å². The first-order valence-electron chi connectivity index (χ1n) is 9.77. The van der Waals surface area contributed by atoms with Crippen molar-refractivity contribution in [1.82, 2.24) is 24.6 Å². The smallest absolute Gasteiger partial charge is 0.230 e. The zero-order valence-corrected chi connectivity index (χ0v) is 17.2. The molecule has 150 valence electrons. The first-order valence-corrected chi connectivity index (χ1v) is 10.1. The van der Waals surface area contributed by atoms with Crippen LogP contribution in [0.5, 0.6) is 0 Å². The summed E-state index contributed by atoms with van der Waals surface area (Å²) < 4.78 is 1.79. The van der Waals surface area contributed by atoms with E-state index < -0.39 is 0 Å². The first kappa shape index (κ1) is 19.0. The molecule has 1 saturated heterocycles. The fraction of sp³-hybridized carbons (Fsp3) is 0.579. The number of halogens is 1. The van der Waals surface area contributed by atoms with Gasteiger partial charge in [-0.15, -0.1) is 0 Å². The minimum Gasteiger partial charge on any atom is -0.366 e. The highest BCUT2D eigenvalue weighted by molar-refractivity contribution is 6.32. The van der Waals surface area contributed by atoms with Gasteiger partial charge >= 0.3 is 0 Å². The van der Waals surface area contributed by atoms with Crippen LogP contribution >= 0.6 is 11.6 Å². The summed E-state index contributed by atoms with van der Waals surface area (Å²) in [6.07, 6.45) is 4.25. The summed E-state index contributed by atoms with van der Waals surface area (Å²) in [4.78, 5) is 22.7. The summed E-state index contributed by atoms with van der Waals surface area (Å²) >= 11 is 6.32. The number of hydrogen-bond acceptors (Lipinski definition) is 6. The van der Waals surface area contributed by atoms with Gasteiger partial charge < -0.3 is 15.5 Å². The first-order chi connectivity index (χ1) is 13.4. The number of fused-ring (bicyclic) bond motifs is 1. The molecule has 4 rings (SSSR count). The number of amides is 1. The molecule has 3 heterocycles. The summed E-state index contributed by atoms with van der Waals surface area (Å²) in [6, 6.07) is 2.25. The van der Waals surface area contributed by atoms with Gasteiger partial charge in [0.05, 0.1) is 6.20 Å². The highest BCUT2D eigenvalue weighted by Crippen LogP contribution is 2.40. The van der Waals surface area contributed by atoms with Crippen molar-refractivity contribution in [2.45, 2.75) is 39.2 Å². The molecule has 2 fully saturated rings. The molecule has 0 radical (unpaired) electrons. The summed E-state index contributed by atoms with van der Waals surface area (Å²) in [5.41, 5.74) is 1.04. The number of rotatable bonds is 5. The zero-order chi connectivity index (χ0) is 19.8. The number of carbonyl (C=O) groups excluding carboxylic acids is 1. The molecule has 2 aromatic rings. The van der Waals surface area contributed by atoms with Crippen molar-refractivity contribution in [3.05, 3.63) is 23.0 Å². The highest BCUT2D eigenvalue weighted by Gasteiger charge is 2.42. The predicted molar refractivity (Wildman–Crippen MR) is 109 cm³/mol. The van der Waals surface area contributed by atoms with Crippen LogP contribution in [0, 0.1) is 18.8 Å². The predicted octanol–water partition coefficient (Wildman–Crippen LogP) is 2.97. The Balaban J connectivity index is 1.40. The maximum atomic E-state index is 11.9. The molecule has 0 aromatic carbocycles. The van der Waals surface area contributed by atoms with E-state index in [0.29, 0.717) is 46.9 Å². The van der Waals surface area contributed by atoms with E-state index in [4.69, 9.17) is 11.6 Å². The summed E-state index contributed by atoms with van der Waals surface area (Å²) in [5.74, 6) is 3.18. The molecule has 0 spiro atoms. The third kappa shape index (κ3) is 3.78. The van der Waals surface area contributed by atoms with E-state index in [1.807, 2.05) is 31.9 Å². The molecule has 2 aromatic heterocycles. The number of anilines is 3. The molecular formula is C19H26ClN7O. The average Bonchev–Trinajstić information content (AvgIpc) is 3.30. The quantitative estimate of drug-likeness (QED) is 0.797. The Hall–Kier alpha value is -2.35. The Bertz CT molecular complexity index is 850. The van der Waals surface area contributed by atoms with Crippen LogP contribution in [0.1, 0.15) is 31.9 Å². The van der Waals surface area contributed by atoms with Crippen LogP contribution in [-0.4, -0.2) is 49.7 Å². The molecule has 2 aliphatic rings.